The zero-order valence-corrected chi connectivity index (χ0v) is 17.4. The molecule has 2 aromatic heterocycles. The van der Waals surface area contributed by atoms with Gasteiger partial charge < -0.3 is 20.1 Å². The molecule has 1 aromatic carbocycles. The number of aromatic nitrogens is 3. The van der Waals surface area contributed by atoms with Crippen molar-refractivity contribution in [3.8, 4) is 17.0 Å². The van der Waals surface area contributed by atoms with Crippen LogP contribution in [0.5, 0.6) is 5.75 Å². The molecule has 1 amide bonds. The quantitative estimate of drug-likeness (QED) is 0.655. The van der Waals surface area contributed by atoms with Gasteiger partial charge in [0.05, 0.1) is 31.6 Å². The molecule has 8 nitrogen and oxygen atoms in total. The Bertz CT molecular complexity index is 1020. The molecule has 0 aliphatic carbocycles. The highest BCUT2D eigenvalue weighted by molar-refractivity contribution is 5.76. The molecular formula is C23H25N5O3. The smallest absolute Gasteiger partial charge is 0.223 e. The lowest BCUT2D eigenvalue weighted by Crippen LogP contribution is -2.42. The maximum Gasteiger partial charge on any atom is 0.223 e. The predicted octanol–water partition coefficient (Wildman–Crippen LogP) is 2.66. The van der Waals surface area contributed by atoms with E-state index in [1.807, 2.05) is 47.4 Å². The van der Waals surface area contributed by atoms with Crippen LogP contribution in [0, 0.1) is 0 Å². The molecule has 1 aliphatic rings. The molecule has 2 N–H and O–H groups in total. The Kier molecular flexibility index (Phi) is 6.37. The van der Waals surface area contributed by atoms with Crippen molar-refractivity contribution in [2.75, 3.05) is 32.5 Å². The minimum Gasteiger partial charge on any atom is -0.497 e. The highest BCUT2D eigenvalue weighted by Gasteiger charge is 2.26. The maximum atomic E-state index is 12.8. The lowest BCUT2D eigenvalue weighted by atomic mass is 10.1. The van der Waals surface area contributed by atoms with E-state index in [0.29, 0.717) is 32.5 Å². The minimum absolute atomic E-state index is 0.118. The molecule has 31 heavy (non-hydrogen) atoms. The molecule has 8 heteroatoms. The highest BCUT2D eigenvalue weighted by atomic mass is 16.5. The summed E-state index contributed by atoms with van der Waals surface area (Å²) < 4.78 is 11.1. The highest BCUT2D eigenvalue weighted by Crippen LogP contribution is 2.24. The van der Waals surface area contributed by atoms with E-state index < -0.39 is 0 Å². The van der Waals surface area contributed by atoms with Gasteiger partial charge in [0.15, 0.2) is 0 Å². The first-order valence-corrected chi connectivity index (χ1v) is 10.2. The molecule has 3 aromatic rings. The van der Waals surface area contributed by atoms with Crippen LogP contribution < -0.4 is 10.5 Å². The summed E-state index contributed by atoms with van der Waals surface area (Å²) in [5.41, 5.74) is 8.97. The van der Waals surface area contributed by atoms with E-state index >= 15 is 0 Å². The van der Waals surface area contributed by atoms with Gasteiger partial charge in [0, 0.05) is 30.9 Å². The summed E-state index contributed by atoms with van der Waals surface area (Å²) in [5, 5.41) is 0. The van der Waals surface area contributed by atoms with Crippen LogP contribution in [0.2, 0.25) is 0 Å². The van der Waals surface area contributed by atoms with Crippen molar-refractivity contribution in [1.29, 1.82) is 0 Å². The fraction of sp³-hybridized carbons (Fsp3) is 0.304. The van der Waals surface area contributed by atoms with E-state index in [-0.39, 0.29) is 18.0 Å². The first-order valence-electron chi connectivity index (χ1n) is 10.2. The molecule has 1 atom stereocenters. The van der Waals surface area contributed by atoms with Crippen molar-refractivity contribution in [3.05, 3.63) is 66.1 Å². The molecule has 1 saturated heterocycles. The number of pyridine rings is 1. The van der Waals surface area contributed by atoms with Gasteiger partial charge in [-0.3, -0.25) is 4.79 Å². The number of amides is 1. The summed E-state index contributed by atoms with van der Waals surface area (Å²) in [7, 11) is 1.64. The summed E-state index contributed by atoms with van der Waals surface area (Å²) in [4.78, 5) is 27.4. The molecule has 160 valence electrons. The van der Waals surface area contributed by atoms with E-state index in [0.717, 1.165) is 28.3 Å². The second kappa shape index (κ2) is 9.53. The van der Waals surface area contributed by atoms with E-state index in [1.54, 1.807) is 19.5 Å². The molecule has 3 heterocycles. The summed E-state index contributed by atoms with van der Waals surface area (Å²) in [6.45, 7) is 1.55. The Balaban J connectivity index is 1.39. The van der Waals surface area contributed by atoms with Crippen molar-refractivity contribution in [2.24, 2.45) is 0 Å². The van der Waals surface area contributed by atoms with Gasteiger partial charge in [-0.2, -0.15) is 0 Å². The number of nitrogens with zero attached hydrogens (tertiary/aromatic N) is 4. The number of anilines is 1. The van der Waals surface area contributed by atoms with Crippen LogP contribution >= 0.6 is 0 Å². The zero-order chi connectivity index (χ0) is 21.6. The van der Waals surface area contributed by atoms with Crippen molar-refractivity contribution in [2.45, 2.75) is 18.9 Å². The topological polar surface area (TPSA) is 103 Å². The van der Waals surface area contributed by atoms with Gasteiger partial charge in [-0.25, -0.2) is 15.0 Å². The Morgan fingerprint density at radius 2 is 1.97 bits per heavy atom. The van der Waals surface area contributed by atoms with Crippen molar-refractivity contribution >= 4 is 11.9 Å². The third kappa shape index (κ3) is 5.16. The molecule has 0 unspecified atom stereocenters. The van der Waals surface area contributed by atoms with Crippen LogP contribution in [0.25, 0.3) is 11.3 Å². The van der Waals surface area contributed by atoms with Crippen LogP contribution in [-0.2, 0) is 16.0 Å². The van der Waals surface area contributed by atoms with Gasteiger partial charge in [0.1, 0.15) is 11.9 Å². The molecule has 0 saturated carbocycles. The van der Waals surface area contributed by atoms with Gasteiger partial charge in [-0.05, 0) is 36.2 Å². The third-order valence-corrected chi connectivity index (χ3v) is 5.27. The van der Waals surface area contributed by atoms with Gasteiger partial charge >= 0.3 is 0 Å². The van der Waals surface area contributed by atoms with Crippen LogP contribution in [-0.4, -0.2) is 52.6 Å². The number of rotatable bonds is 6. The number of hydrogen-bond acceptors (Lipinski definition) is 7. The third-order valence-electron chi connectivity index (χ3n) is 5.27. The molecular weight excluding hydrogens is 394 g/mol. The van der Waals surface area contributed by atoms with Crippen LogP contribution in [0.1, 0.15) is 23.8 Å². The fourth-order valence-corrected chi connectivity index (χ4v) is 3.52. The number of ether oxygens (including phenoxy) is 2. The van der Waals surface area contributed by atoms with Crippen LogP contribution in [0.4, 0.5) is 5.95 Å². The van der Waals surface area contributed by atoms with Crippen LogP contribution in [0.3, 0.4) is 0 Å². The molecule has 0 radical (unpaired) electrons. The number of carbonyl (C=O) groups is 1. The summed E-state index contributed by atoms with van der Waals surface area (Å²) in [6.07, 6.45) is 4.16. The number of aryl methyl sites for hydroxylation is 1. The predicted molar refractivity (Wildman–Crippen MR) is 116 cm³/mol. The molecule has 4 rings (SSSR count). The Morgan fingerprint density at radius 1 is 1.19 bits per heavy atom. The molecule has 0 bridgehead atoms. The number of carbonyl (C=O) groups excluding carboxylic acids is 1. The molecule has 1 fully saturated rings. The van der Waals surface area contributed by atoms with Gasteiger partial charge in [0.25, 0.3) is 0 Å². The number of methoxy groups -OCH3 is 1. The van der Waals surface area contributed by atoms with E-state index in [2.05, 4.69) is 9.97 Å². The Hall–Kier alpha value is -3.52. The largest absolute Gasteiger partial charge is 0.497 e. The lowest BCUT2D eigenvalue weighted by Gasteiger charge is -2.33. The van der Waals surface area contributed by atoms with Gasteiger partial charge in [0.2, 0.25) is 11.9 Å². The second-order valence-electron chi connectivity index (χ2n) is 7.32. The number of nitrogens with two attached hydrogens (primary N) is 1. The van der Waals surface area contributed by atoms with E-state index in [9.17, 15) is 4.79 Å². The molecule has 1 aliphatic heterocycles. The number of benzene rings is 1. The van der Waals surface area contributed by atoms with Gasteiger partial charge in [-0.1, -0.05) is 18.2 Å². The number of morpholine rings is 1. The minimum atomic E-state index is -0.270. The first-order chi connectivity index (χ1) is 15.1. The standard InChI is InChI=1S/C23H25N5O3/c1-30-18-8-5-16(6-9-18)7-10-22(29)28-11-12-31-21(15-28)20-4-2-3-19(27-20)17-13-25-23(24)26-14-17/h2-6,8-9,13-14,21H,7,10-12,15H2,1H3,(H2,24,25,26)/t21-/m1/s1. The van der Waals surface area contributed by atoms with Crippen LogP contribution in [0.15, 0.2) is 54.9 Å². The summed E-state index contributed by atoms with van der Waals surface area (Å²) in [5.74, 6) is 1.15. The Labute approximate surface area is 181 Å². The van der Waals surface area contributed by atoms with Crippen molar-refractivity contribution in [3.63, 3.8) is 0 Å². The first kappa shape index (κ1) is 20.7. The SMILES string of the molecule is COc1ccc(CCC(=O)N2CCO[C@@H](c3cccc(-c4cnc(N)nc4)n3)C2)cc1. The monoisotopic (exact) mass is 419 g/mol. The number of nitrogen functional groups attached to an aromatic ring is 1. The molecule has 0 spiro atoms. The van der Waals surface area contributed by atoms with Gasteiger partial charge in [-0.15, -0.1) is 0 Å². The van der Waals surface area contributed by atoms with Crippen molar-refractivity contribution < 1.29 is 14.3 Å². The summed E-state index contributed by atoms with van der Waals surface area (Å²) >= 11 is 0. The maximum absolute atomic E-state index is 12.8. The summed E-state index contributed by atoms with van der Waals surface area (Å²) in [6, 6.07) is 13.5. The van der Waals surface area contributed by atoms with E-state index in [4.69, 9.17) is 20.2 Å². The average molecular weight is 419 g/mol. The number of hydrogen-bond donors (Lipinski definition) is 1. The fourth-order valence-electron chi connectivity index (χ4n) is 3.52. The lowest BCUT2D eigenvalue weighted by molar-refractivity contribution is -0.139. The Morgan fingerprint density at radius 3 is 2.71 bits per heavy atom. The average Bonchev–Trinajstić information content (AvgIpc) is 2.83. The van der Waals surface area contributed by atoms with E-state index in [1.165, 1.54) is 0 Å². The second-order valence-corrected chi connectivity index (χ2v) is 7.32. The normalized spacial score (nSPS) is 16.2. The zero-order valence-electron chi connectivity index (χ0n) is 17.4. The van der Waals surface area contributed by atoms with Crippen molar-refractivity contribution in [1.82, 2.24) is 19.9 Å².